The molecule has 0 radical (unpaired) electrons. The highest BCUT2D eigenvalue weighted by Gasteiger charge is 2.30. The Morgan fingerprint density at radius 2 is 1.75 bits per heavy atom. The number of likely N-dealkylation sites (N-methyl/N-ethyl adjacent to an activating group) is 1. The number of amides is 2. The van der Waals surface area contributed by atoms with E-state index in [-0.39, 0.29) is 11.7 Å². The minimum atomic E-state index is -1.15. The molecule has 0 heterocycles. The average molecular weight is 306 g/mol. The maximum absolute atomic E-state index is 11.8. The number of rotatable bonds is 5. The number of carbonyl (C=O) groups is 3. The van der Waals surface area contributed by atoms with Crippen molar-refractivity contribution in [2.45, 2.75) is 39.3 Å². The smallest absolute Gasteiger partial charge is 0.410 e. The molecule has 0 saturated heterocycles. The lowest BCUT2D eigenvalue weighted by atomic mass is 10.2. The van der Waals surface area contributed by atoms with Crippen LogP contribution < -0.4 is 0 Å². The Morgan fingerprint density at radius 3 is 2.10 bits per heavy atom. The second-order valence-electron chi connectivity index (χ2n) is 5.26. The molecule has 0 fully saturated rings. The van der Waals surface area contributed by atoms with Gasteiger partial charge >= 0.3 is 12.1 Å². The fraction of sp³-hybridized carbons (Fsp3) is 0.750. The molecule has 0 saturated carbocycles. The third-order valence-electron chi connectivity index (χ3n) is 2.30. The van der Waals surface area contributed by atoms with Crippen LogP contribution in [-0.4, -0.2) is 63.8 Å². The number of hydrogen-bond acceptors (Lipinski definition) is 5. The summed E-state index contributed by atoms with van der Waals surface area (Å²) in [5.41, 5.74) is -0.697. The standard InChI is InChI=1S/C12H22N2O5S/c1-8(15)14(6)20-7-9(10(16)17)13(5)11(18)19-12(2,3)4/h9H,7H2,1-6H3,(H,16,17)/t9-/m0/s1. The first-order valence-electron chi connectivity index (χ1n) is 6.01. The quantitative estimate of drug-likeness (QED) is 0.773. The molecule has 116 valence electrons. The van der Waals surface area contributed by atoms with Crippen LogP contribution in [0.2, 0.25) is 0 Å². The molecule has 0 aromatic rings. The van der Waals surface area contributed by atoms with Crippen molar-refractivity contribution >= 4 is 29.9 Å². The molecule has 0 unspecified atom stereocenters. The Bertz CT molecular complexity index is 381. The molecule has 0 spiro atoms. The normalized spacial score (nSPS) is 12.5. The van der Waals surface area contributed by atoms with Crippen LogP contribution in [0.3, 0.4) is 0 Å². The number of carboxylic acid groups (broad SMARTS) is 1. The van der Waals surface area contributed by atoms with E-state index < -0.39 is 23.7 Å². The number of ether oxygens (including phenoxy) is 1. The molecule has 8 heteroatoms. The minimum Gasteiger partial charge on any atom is -0.480 e. The van der Waals surface area contributed by atoms with Crippen LogP contribution in [0.1, 0.15) is 27.7 Å². The van der Waals surface area contributed by atoms with Gasteiger partial charge in [0.2, 0.25) is 5.91 Å². The van der Waals surface area contributed by atoms with E-state index in [1.54, 1.807) is 27.8 Å². The van der Waals surface area contributed by atoms with Gasteiger partial charge in [0, 0.05) is 26.8 Å². The molecule has 0 bridgehead atoms. The monoisotopic (exact) mass is 306 g/mol. The molecule has 0 aliphatic rings. The summed E-state index contributed by atoms with van der Waals surface area (Å²) in [6.07, 6.45) is -0.712. The molecule has 2 amide bonds. The van der Waals surface area contributed by atoms with E-state index in [2.05, 4.69) is 0 Å². The molecule has 0 aromatic heterocycles. The second-order valence-corrected chi connectivity index (χ2v) is 6.40. The first kappa shape index (κ1) is 18.6. The zero-order valence-corrected chi connectivity index (χ0v) is 13.5. The summed E-state index contributed by atoms with van der Waals surface area (Å²) in [6, 6.07) is -1.07. The molecule has 0 aliphatic carbocycles. The summed E-state index contributed by atoms with van der Waals surface area (Å²) in [5.74, 6) is -1.29. The van der Waals surface area contributed by atoms with Crippen LogP contribution >= 0.6 is 11.9 Å². The van der Waals surface area contributed by atoms with Gasteiger partial charge in [-0.1, -0.05) is 0 Å². The first-order valence-corrected chi connectivity index (χ1v) is 6.95. The van der Waals surface area contributed by atoms with Crippen LogP contribution in [0.4, 0.5) is 4.79 Å². The number of aliphatic carboxylic acids is 1. The van der Waals surface area contributed by atoms with E-state index in [9.17, 15) is 19.5 Å². The predicted molar refractivity (Wildman–Crippen MR) is 76.3 cm³/mol. The van der Waals surface area contributed by atoms with Crippen molar-refractivity contribution in [3.63, 3.8) is 0 Å². The van der Waals surface area contributed by atoms with Gasteiger partial charge in [-0.25, -0.2) is 9.59 Å². The van der Waals surface area contributed by atoms with Gasteiger partial charge in [-0.15, -0.1) is 0 Å². The van der Waals surface area contributed by atoms with Crippen molar-refractivity contribution in [1.29, 1.82) is 0 Å². The van der Waals surface area contributed by atoms with Crippen molar-refractivity contribution in [1.82, 2.24) is 9.21 Å². The minimum absolute atomic E-state index is 0.0567. The number of carbonyl (C=O) groups excluding carboxylic acids is 2. The third-order valence-corrected chi connectivity index (χ3v) is 3.41. The fourth-order valence-electron chi connectivity index (χ4n) is 1.08. The molecule has 20 heavy (non-hydrogen) atoms. The van der Waals surface area contributed by atoms with Crippen LogP contribution in [0.15, 0.2) is 0 Å². The molecule has 0 aliphatic heterocycles. The zero-order chi connectivity index (χ0) is 16.1. The predicted octanol–water partition coefficient (Wildman–Crippen LogP) is 1.43. The molecule has 7 nitrogen and oxygen atoms in total. The Hall–Kier alpha value is -1.44. The van der Waals surface area contributed by atoms with Gasteiger partial charge in [0.05, 0.1) is 0 Å². The van der Waals surface area contributed by atoms with E-state index in [0.29, 0.717) is 0 Å². The van der Waals surface area contributed by atoms with Crippen molar-refractivity contribution in [2.75, 3.05) is 19.8 Å². The van der Waals surface area contributed by atoms with Crippen LogP contribution in [-0.2, 0) is 14.3 Å². The maximum Gasteiger partial charge on any atom is 0.410 e. The van der Waals surface area contributed by atoms with Gasteiger partial charge in [0.15, 0.2) is 0 Å². The van der Waals surface area contributed by atoms with Gasteiger partial charge in [0.1, 0.15) is 11.6 Å². The van der Waals surface area contributed by atoms with Crippen LogP contribution in [0, 0.1) is 0 Å². The van der Waals surface area contributed by atoms with Gasteiger partial charge < -0.3 is 9.84 Å². The maximum atomic E-state index is 11.8. The number of carboxylic acids is 1. The Kier molecular flexibility index (Phi) is 6.84. The SMILES string of the molecule is CC(=O)N(C)SC[C@@H](C(=O)O)N(C)C(=O)OC(C)(C)C. The molecule has 0 rings (SSSR count). The van der Waals surface area contributed by atoms with Gasteiger partial charge in [-0.2, -0.15) is 0 Å². The lowest BCUT2D eigenvalue weighted by molar-refractivity contribution is -0.141. The van der Waals surface area contributed by atoms with E-state index in [1.165, 1.54) is 18.3 Å². The van der Waals surface area contributed by atoms with E-state index in [4.69, 9.17) is 4.74 Å². The van der Waals surface area contributed by atoms with Crippen LogP contribution in [0.5, 0.6) is 0 Å². The second kappa shape index (κ2) is 7.37. The highest BCUT2D eigenvalue weighted by atomic mass is 32.2. The highest BCUT2D eigenvalue weighted by molar-refractivity contribution is 7.97. The molecular formula is C12H22N2O5S. The van der Waals surface area contributed by atoms with E-state index >= 15 is 0 Å². The molecule has 1 atom stereocenters. The van der Waals surface area contributed by atoms with Gasteiger partial charge in [0.25, 0.3) is 0 Å². The van der Waals surface area contributed by atoms with Crippen molar-refractivity contribution < 1.29 is 24.2 Å². The summed E-state index contributed by atoms with van der Waals surface area (Å²) in [6.45, 7) is 6.48. The lowest BCUT2D eigenvalue weighted by Crippen LogP contribution is -2.46. The Labute approximate surface area is 123 Å². The molecule has 0 aromatic carbocycles. The van der Waals surface area contributed by atoms with Crippen LogP contribution in [0.25, 0.3) is 0 Å². The van der Waals surface area contributed by atoms with Gasteiger partial charge in [-0.3, -0.25) is 14.0 Å². The fourth-order valence-corrected chi connectivity index (χ4v) is 2.00. The van der Waals surface area contributed by atoms with E-state index in [0.717, 1.165) is 16.8 Å². The summed E-state index contributed by atoms with van der Waals surface area (Å²) >= 11 is 1.04. The van der Waals surface area contributed by atoms with Gasteiger partial charge in [-0.05, 0) is 32.7 Å². The average Bonchev–Trinajstić information content (AvgIpc) is 2.25. The third kappa shape index (κ3) is 6.65. The van der Waals surface area contributed by atoms with E-state index in [1.807, 2.05) is 0 Å². The Morgan fingerprint density at radius 1 is 1.25 bits per heavy atom. The molecular weight excluding hydrogens is 284 g/mol. The van der Waals surface area contributed by atoms with Crippen molar-refractivity contribution in [3.05, 3.63) is 0 Å². The van der Waals surface area contributed by atoms with Crippen molar-refractivity contribution in [2.24, 2.45) is 0 Å². The largest absolute Gasteiger partial charge is 0.480 e. The summed E-state index contributed by atoms with van der Waals surface area (Å²) in [5, 5.41) is 9.18. The first-order chi connectivity index (χ1) is 8.95. The zero-order valence-electron chi connectivity index (χ0n) is 12.7. The Balaban J connectivity index is 4.71. The highest BCUT2D eigenvalue weighted by Crippen LogP contribution is 2.15. The van der Waals surface area contributed by atoms with Crippen molar-refractivity contribution in [3.8, 4) is 0 Å². The topological polar surface area (TPSA) is 87.2 Å². The molecule has 1 N–H and O–H groups in total. The summed E-state index contributed by atoms with van der Waals surface area (Å²) < 4.78 is 6.44. The summed E-state index contributed by atoms with van der Waals surface area (Å²) in [4.78, 5) is 35.2. The summed E-state index contributed by atoms with van der Waals surface area (Å²) in [7, 11) is 2.90. The lowest BCUT2D eigenvalue weighted by Gasteiger charge is -2.29. The number of hydrogen-bond donors (Lipinski definition) is 1. The number of nitrogens with zero attached hydrogens (tertiary/aromatic N) is 2.